The molecule has 2 heterocycles. The molecule has 2 aromatic heterocycles. The van der Waals surface area contributed by atoms with E-state index in [1.165, 1.54) is 0 Å². The molecule has 0 radical (unpaired) electrons. The second kappa shape index (κ2) is 7.62. The number of nitrogens with one attached hydrogen (secondary N) is 2. The molecule has 0 spiro atoms. The minimum atomic E-state index is -4.52. The van der Waals surface area contributed by atoms with Gasteiger partial charge in [-0.3, -0.25) is 9.89 Å². The van der Waals surface area contributed by atoms with Gasteiger partial charge >= 0.3 is 6.18 Å². The average Bonchev–Trinajstić information content (AvgIpc) is 3.29. The minimum Gasteiger partial charge on any atom is -0.482 e. The molecule has 152 valence electrons. The van der Waals surface area contributed by atoms with Crippen molar-refractivity contribution in [2.24, 2.45) is 5.92 Å². The lowest BCUT2D eigenvalue weighted by Gasteiger charge is -2.29. The molecule has 0 aliphatic heterocycles. The fraction of sp³-hybridized carbons (Fsp3) is 0.500. The van der Waals surface area contributed by atoms with Crippen molar-refractivity contribution in [2.45, 2.75) is 44.8 Å². The lowest BCUT2D eigenvalue weighted by atomic mass is 9.90. The van der Waals surface area contributed by atoms with Crippen molar-refractivity contribution in [1.82, 2.24) is 20.5 Å². The summed E-state index contributed by atoms with van der Waals surface area (Å²) in [5, 5.41) is 9.96. The van der Waals surface area contributed by atoms with Crippen LogP contribution in [0.1, 0.15) is 48.1 Å². The Hall–Kier alpha value is -2.29. The van der Waals surface area contributed by atoms with E-state index in [1.54, 1.807) is 0 Å². The molecule has 3 rings (SSSR count). The monoisotopic (exact) mass is 416 g/mol. The number of aromatic nitrogens is 3. The van der Waals surface area contributed by atoms with Crippen LogP contribution in [-0.2, 0) is 5.54 Å². The minimum absolute atomic E-state index is 0.0872. The molecule has 1 aliphatic carbocycles. The zero-order chi connectivity index (χ0) is 20.5. The number of amides is 1. The van der Waals surface area contributed by atoms with Crippen molar-refractivity contribution in [3.05, 3.63) is 40.4 Å². The molecule has 2 N–H and O–H groups in total. The Morgan fingerprint density at radius 1 is 1.39 bits per heavy atom. The molecule has 0 unspecified atom stereocenters. The van der Waals surface area contributed by atoms with E-state index >= 15 is 0 Å². The molecule has 0 saturated heterocycles. The average molecular weight is 417 g/mol. The number of halogens is 4. The number of rotatable bonds is 7. The van der Waals surface area contributed by atoms with E-state index in [0.717, 1.165) is 30.8 Å². The quantitative estimate of drug-likeness (QED) is 0.710. The van der Waals surface area contributed by atoms with Gasteiger partial charge in [0.05, 0.1) is 17.4 Å². The maximum atomic E-state index is 12.8. The third-order valence-corrected chi connectivity index (χ3v) is 4.78. The first-order valence-electron chi connectivity index (χ1n) is 8.76. The van der Waals surface area contributed by atoms with Gasteiger partial charge in [-0.05, 0) is 32.3 Å². The van der Waals surface area contributed by atoms with Gasteiger partial charge in [0.15, 0.2) is 6.61 Å². The fourth-order valence-electron chi connectivity index (χ4n) is 2.95. The summed E-state index contributed by atoms with van der Waals surface area (Å²) in [6, 6.07) is 2.96. The molecule has 1 fully saturated rings. The van der Waals surface area contributed by atoms with Gasteiger partial charge in [-0.15, -0.1) is 0 Å². The van der Waals surface area contributed by atoms with Gasteiger partial charge in [-0.25, -0.2) is 4.98 Å². The van der Waals surface area contributed by atoms with E-state index in [1.807, 2.05) is 19.9 Å². The Labute approximate surface area is 164 Å². The number of aryl methyl sites for hydroxylation is 1. The second-order valence-corrected chi connectivity index (χ2v) is 7.68. The Kier molecular flexibility index (Phi) is 5.56. The van der Waals surface area contributed by atoms with Crippen molar-refractivity contribution in [2.75, 3.05) is 6.61 Å². The van der Waals surface area contributed by atoms with Crippen LogP contribution in [0.5, 0.6) is 5.75 Å². The maximum Gasteiger partial charge on any atom is 0.422 e. The number of nitrogens with zero attached hydrogens (tertiary/aromatic N) is 2. The first-order chi connectivity index (χ1) is 13.1. The molecule has 1 amide bonds. The Balaban J connectivity index is 1.80. The predicted molar refractivity (Wildman–Crippen MR) is 96.3 cm³/mol. The van der Waals surface area contributed by atoms with Crippen LogP contribution in [0.15, 0.2) is 18.3 Å². The van der Waals surface area contributed by atoms with E-state index < -0.39 is 24.2 Å². The van der Waals surface area contributed by atoms with Crippen LogP contribution in [0.4, 0.5) is 13.2 Å². The Bertz CT molecular complexity index is 867. The molecule has 0 aromatic carbocycles. The molecule has 6 nitrogen and oxygen atoms in total. The van der Waals surface area contributed by atoms with Crippen molar-refractivity contribution in [1.29, 1.82) is 0 Å². The van der Waals surface area contributed by atoms with Crippen molar-refractivity contribution < 1.29 is 22.7 Å². The lowest BCUT2D eigenvalue weighted by molar-refractivity contribution is -0.153. The highest BCUT2D eigenvalue weighted by atomic mass is 35.5. The van der Waals surface area contributed by atoms with E-state index in [9.17, 15) is 18.0 Å². The van der Waals surface area contributed by atoms with Crippen molar-refractivity contribution >= 4 is 17.5 Å². The lowest BCUT2D eigenvalue weighted by Crippen LogP contribution is -2.44. The van der Waals surface area contributed by atoms with Gasteiger partial charge in [-0.2, -0.15) is 18.3 Å². The number of hydrogen-bond acceptors (Lipinski definition) is 4. The topological polar surface area (TPSA) is 79.9 Å². The number of alkyl halides is 3. The Morgan fingerprint density at radius 2 is 2.11 bits per heavy atom. The van der Waals surface area contributed by atoms with Crippen LogP contribution in [0.2, 0.25) is 5.02 Å². The van der Waals surface area contributed by atoms with Gasteiger partial charge in [0.2, 0.25) is 0 Å². The van der Waals surface area contributed by atoms with Crippen molar-refractivity contribution in [3.8, 4) is 5.75 Å². The highest BCUT2D eigenvalue weighted by molar-refractivity contribution is 6.32. The van der Waals surface area contributed by atoms with E-state index in [0.29, 0.717) is 18.0 Å². The summed E-state index contributed by atoms with van der Waals surface area (Å²) in [5.74, 6) is -0.304. The summed E-state index contributed by atoms with van der Waals surface area (Å²) in [4.78, 5) is 16.7. The zero-order valence-corrected chi connectivity index (χ0v) is 16.1. The molecule has 1 saturated carbocycles. The molecule has 1 atom stereocenters. The molecule has 10 heteroatoms. The van der Waals surface area contributed by atoms with Crippen molar-refractivity contribution in [3.63, 3.8) is 0 Å². The highest BCUT2D eigenvalue weighted by Crippen LogP contribution is 2.40. The number of hydrogen-bond donors (Lipinski definition) is 2. The number of carbonyl (C=O) groups is 1. The smallest absolute Gasteiger partial charge is 0.422 e. The van der Waals surface area contributed by atoms with Crippen LogP contribution >= 0.6 is 11.6 Å². The van der Waals surface area contributed by atoms with Crippen LogP contribution in [0.25, 0.3) is 0 Å². The largest absolute Gasteiger partial charge is 0.482 e. The first kappa shape index (κ1) is 20.4. The molecule has 2 aromatic rings. The molecule has 28 heavy (non-hydrogen) atoms. The molecular weight excluding hydrogens is 397 g/mol. The fourth-order valence-corrected chi connectivity index (χ4v) is 3.11. The first-order valence-corrected chi connectivity index (χ1v) is 9.14. The number of ether oxygens (including phenoxy) is 1. The van der Waals surface area contributed by atoms with E-state index in [4.69, 9.17) is 16.3 Å². The standard InChI is InChI=1S/C18H20ClF3N4O2/c1-10-5-15(26-25-10)17(2,7-11-3-4-11)24-16(27)13-6-14(12(19)8-23-13)28-9-18(20,21)22/h5-6,8,11H,3-4,7,9H2,1-2H3,(H,24,27)(H,25,26)/t17-/m0/s1. The molecule has 0 bridgehead atoms. The summed E-state index contributed by atoms with van der Waals surface area (Å²) >= 11 is 5.84. The molecule has 1 aliphatic rings. The number of carbonyl (C=O) groups excluding carboxylic acids is 1. The zero-order valence-electron chi connectivity index (χ0n) is 15.4. The Morgan fingerprint density at radius 3 is 2.68 bits per heavy atom. The summed E-state index contributed by atoms with van der Waals surface area (Å²) in [6.07, 6.45) is -0.546. The number of H-pyrrole nitrogens is 1. The van der Waals surface area contributed by atoms with E-state index in [2.05, 4.69) is 20.5 Å². The van der Waals surface area contributed by atoms with Crippen LogP contribution < -0.4 is 10.1 Å². The van der Waals surface area contributed by atoms with Gasteiger partial charge in [0.25, 0.3) is 5.91 Å². The summed E-state index contributed by atoms with van der Waals surface area (Å²) in [7, 11) is 0. The third kappa shape index (κ3) is 5.15. The maximum absolute atomic E-state index is 12.8. The van der Waals surface area contributed by atoms with Gasteiger partial charge in [0.1, 0.15) is 16.5 Å². The van der Waals surface area contributed by atoms with E-state index in [-0.39, 0.29) is 16.5 Å². The predicted octanol–water partition coefficient (Wildman–Crippen LogP) is 4.15. The molecular formula is C18H20ClF3N4O2. The van der Waals surface area contributed by atoms with Gasteiger partial charge in [-0.1, -0.05) is 24.4 Å². The summed E-state index contributed by atoms with van der Waals surface area (Å²) in [5.41, 5.74) is 0.722. The second-order valence-electron chi connectivity index (χ2n) is 7.27. The van der Waals surface area contributed by atoms with Gasteiger partial charge < -0.3 is 10.1 Å². The van der Waals surface area contributed by atoms with Crippen LogP contribution in [-0.4, -0.2) is 33.9 Å². The third-order valence-electron chi connectivity index (χ3n) is 4.50. The number of aromatic amines is 1. The SMILES string of the molecule is Cc1cc([C@](C)(CC2CC2)NC(=O)c2cc(OCC(F)(F)F)c(Cl)cn2)n[nH]1. The summed E-state index contributed by atoms with van der Waals surface area (Å²) < 4.78 is 41.9. The van der Waals surface area contributed by atoms with Crippen LogP contribution in [0, 0.1) is 12.8 Å². The number of pyridine rings is 1. The van der Waals surface area contributed by atoms with Crippen LogP contribution in [0.3, 0.4) is 0 Å². The normalized spacial score (nSPS) is 16.5. The van der Waals surface area contributed by atoms with Gasteiger partial charge in [0, 0.05) is 11.8 Å². The summed E-state index contributed by atoms with van der Waals surface area (Å²) in [6.45, 7) is 2.22. The highest BCUT2D eigenvalue weighted by Gasteiger charge is 2.38.